The van der Waals surface area contributed by atoms with E-state index < -0.39 is 0 Å². The standard InChI is InChI=1S/C10H11O2/c1-7-6-9(8(2)11)4-5-10(7)12-3/h4-6H,1H2,2-3H3. The molecular weight excluding hydrogens is 152 g/mol. The molecule has 0 fully saturated rings. The fraction of sp³-hybridized carbons (Fsp3) is 0.200. The van der Waals surface area contributed by atoms with Gasteiger partial charge >= 0.3 is 0 Å². The third-order valence-electron chi connectivity index (χ3n) is 1.69. The third-order valence-corrected chi connectivity index (χ3v) is 1.69. The maximum Gasteiger partial charge on any atom is 0.159 e. The molecule has 0 aliphatic heterocycles. The van der Waals surface area contributed by atoms with Crippen LogP contribution >= 0.6 is 0 Å². The molecule has 0 aliphatic rings. The molecule has 1 aromatic carbocycles. The summed E-state index contributed by atoms with van der Waals surface area (Å²) in [5.74, 6) is 0.752. The lowest BCUT2D eigenvalue weighted by Crippen LogP contribution is -1.94. The van der Waals surface area contributed by atoms with Crippen LogP contribution < -0.4 is 4.74 Å². The molecule has 2 nitrogen and oxygen atoms in total. The predicted octanol–water partition coefficient (Wildman–Crippen LogP) is 2.08. The molecular formula is C10H11O2. The van der Waals surface area contributed by atoms with E-state index in [1.165, 1.54) is 6.92 Å². The number of carbonyl (C=O) groups is 1. The second-order valence-corrected chi connectivity index (χ2v) is 2.58. The molecule has 0 aliphatic carbocycles. The highest BCUT2D eigenvalue weighted by atomic mass is 16.5. The Morgan fingerprint density at radius 1 is 1.50 bits per heavy atom. The van der Waals surface area contributed by atoms with Crippen molar-refractivity contribution in [1.82, 2.24) is 0 Å². The topological polar surface area (TPSA) is 26.3 Å². The quantitative estimate of drug-likeness (QED) is 0.624. The lowest BCUT2D eigenvalue weighted by atomic mass is 10.1. The summed E-state index contributed by atoms with van der Waals surface area (Å²) in [5.41, 5.74) is 1.41. The number of ether oxygens (including phenoxy) is 1. The van der Waals surface area contributed by atoms with Crippen molar-refractivity contribution in [1.29, 1.82) is 0 Å². The fourth-order valence-electron chi connectivity index (χ4n) is 0.998. The van der Waals surface area contributed by atoms with Gasteiger partial charge in [-0.25, -0.2) is 0 Å². The molecule has 0 saturated heterocycles. The van der Waals surface area contributed by atoms with Crippen LogP contribution in [0.3, 0.4) is 0 Å². The van der Waals surface area contributed by atoms with Crippen molar-refractivity contribution >= 4 is 5.78 Å². The lowest BCUT2D eigenvalue weighted by Gasteiger charge is -2.04. The van der Waals surface area contributed by atoms with Gasteiger partial charge in [0.2, 0.25) is 0 Å². The smallest absolute Gasteiger partial charge is 0.159 e. The van der Waals surface area contributed by atoms with Crippen molar-refractivity contribution < 1.29 is 9.53 Å². The highest BCUT2D eigenvalue weighted by Crippen LogP contribution is 2.18. The molecule has 0 heterocycles. The zero-order chi connectivity index (χ0) is 9.14. The number of benzene rings is 1. The van der Waals surface area contributed by atoms with Gasteiger partial charge in [-0.1, -0.05) is 0 Å². The minimum atomic E-state index is 0.0440. The Morgan fingerprint density at radius 2 is 2.17 bits per heavy atom. The van der Waals surface area contributed by atoms with Crippen LogP contribution in [0.15, 0.2) is 18.2 Å². The van der Waals surface area contributed by atoms with Gasteiger partial charge in [0.15, 0.2) is 5.78 Å². The Bertz CT molecular complexity index is 303. The van der Waals surface area contributed by atoms with Crippen molar-refractivity contribution in [3.63, 3.8) is 0 Å². The number of ketones is 1. The molecule has 12 heavy (non-hydrogen) atoms. The molecule has 1 radical (unpaired) electrons. The zero-order valence-electron chi connectivity index (χ0n) is 7.26. The number of hydrogen-bond acceptors (Lipinski definition) is 2. The lowest BCUT2D eigenvalue weighted by molar-refractivity contribution is 0.101. The second-order valence-electron chi connectivity index (χ2n) is 2.58. The van der Waals surface area contributed by atoms with Crippen molar-refractivity contribution in [2.45, 2.75) is 6.92 Å². The van der Waals surface area contributed by atoms with E-state index in [-0.39, 0.29) is 5.78 Å². The van der Waals surface area contributed by atoms with E-state index in [1.54, 1.807) is 25.3 Å². The van der Waals surface area contributed by atoms with E-state index in [1.807, 2.05) is 0 Å². The zero-order valence-corrected chi connectivity index (χ0v) is 7.26. The fourth-order valence-corrected chi connectivity index (χ4v) is 0.998. The monoisotopic (exact) mass is 163 g/mol. The number of carbonyl (C=O) groups excluding carboxylic acids is 1. The number of Topliss-reactive ketones (excluding diaryl/α,β-unsaturated/α-hetero) is 1. The van der Waals surface area contributed by atoms with Gasteiger partial charge in [0, 0.05) is 5.56 Å². The Balaban J connectivity index is 3.10. The number of hydrogen-bond donors (Lipinski definition) is 0. The molecule has 0 N–H and O–H groups in total. The first-order chi connectivity index (χ1) is 5.65. The molecule has 0 bridgehead atoms. The van der Waals surface area contributed by atoms with Crippen LogP contribution in [0, 0.1) is 6.92 Å². The summed E-state index contributed by atoms with van der Waals surface area (Å²) in [6, 6.07) is 5.20. The molecule has 2 heteroatoms. The van der Waals surface area contributed by atoms with Crippen LogP contribution in [0.5, 0.6) is 5.75 Å². The number of methoxy groups -OCH3 is 1. The summed E-state index contributed by atoms with van der Waals surface area (Å²) in [5, 5.41) is 0. The van der Waals surface area contributed by atoms with Gasteiger partial charge in [0.1, 0.15) is 5.75 Å². The second kappa shape index (κ2) is 3.39. The Kier molecular flexibility index (Phi) is 2.48. The van der Waals surface area contributed by atoms with Crippen LogP contribution in [-0.2, 0) is 0 Å². The van der Waals surface area contributed by atoms with Crippen molar-refractivity contribution in [2.75, 3.05) is 7.11 Å². The normalized spacial score (nSPS) is 9.58. The van der Waals surface area contributed by atoms with Crippen LogP contribution in [0.25, 0.3) is 0 Å². The summed E-state index contributed by atoms with van der Waals surface area (Å²) >= 11 is 0. The summed E-state index contributed by atoms with van der Waals surface area (Å²) < 4.78 is 5.01. The van der Waals surface area contributed by atoms with Crippen LogP contribution in [0.1, 0.15) is 22.8 Å². The molecule has 0 spiro atoms. The third kappa shape index (κ3) is 1.64. The van der Waals surface area contributed by atoms with Gasteiger partial charge in [-0.15, -0.1) is 0 Å². The highest BCUT2D eigenvalue weighted by molar-refractivity contribution is 5.94. The molecule has 0 amide bonds. The minimum Gasteiger partial charge on any atom is -0.496 e. The van der Waals surface area contributed by atoms with Crippen LogP contribution in [0.2, 0.25) is 0 Å². The van der Waals surface area contributed by atoms with Gasteiger partial charge in [0.25, 0.3) is 0 Å². The molecule has 1 rings (SSSR count). The van der Waals surface area contributed by atoms with Crippen molar-refractivity contribution in [3.8, 4) is 5.75 Å². The van der Waals surface area contributed by atoms with Crippen LogP contribution in [0.4, 0.5) is 0 Å². The molecule has 0 saturated carbocycles. The SMILES string of the molecule is [CH2]c1cc(C(C)=O)ccc1OC. The summed E-state index contributed by atoms with van der Waals surface area (Å²) in [6.45, 7) is 5.29. The summed E-state index contributed by atoms with van der Waals surface area (Å²) in [7, 11) is 1.58. The van der Waals surface area contributed by atoms with Crippen molar-refractivity contribution in [3.05, 3.63) is 36.2 Å². The Morgan fingerprint density at radius 3 is 2.58 bits per heavy atom. The van der Waals surface area contributed by atoms with Crippen LogP contribution in [-0.4, -0.2) is 12.9 Å². The largest absolute Gasteiger partial charge is 0.496 e. The van der Waals surface area contributed by atoms with Gasteiger partial charge in [0.05, 0.1) is 7.11 Å². The summed E-state index contributed by atoms with van der Waals surface area (Å²) in [6.07, 6.45) is 0. The maximum atomic E-state index is 10.9. The summed E-state index contributed by atoms with van der Waals surface area (Å²) in [4.78, 5) is 10.9. The minimum absolute atomic E-state index is 0.0440. The first-order valence-electron chi connectivity index (χ1n) is 3.66. The van der Waals surface area contributed by atoms with Gasteiger partial charge in [-0.3, -0.25) is 4.79 Å². The van der Waals surface area contributed by atoms with Gasteiger partial charge in [-0.05, 0) is 37.6 Å². The van der Waals surface area contributed by atoms with E-state index in [4.69, 9.17) is 4.74 Å². The van der Waals surface area contributed by atoms with E-state index >= 15 is 0 Å². The molecule has 0 unspecified atom stereocenters. The van der Waals surface area contributed by atoms with Crippen molar-refractivity contribution in [2.24, 2.45) is 0 Å². The Labute approximate surface area is 72.2 Å². The molecule has 0 atom stereocenters. The van der Waals surface area contributed by atoms with E-state index in [0.717, 1.165) is 5.56 Å². The number of rotatable bonds is 2. The Hall–Kier alpha value is -1.31. The average molecular weight is 163 g/mol. The molecule has 0 aromatic heterocycles. The first-order valence-corrected chi connectivity index (χ1v) is 3.66. The highest BCUT2D eigenvalue weighted by Gasteiger charge is 2.02. The van der Waals surface area contributed by atoms with Gasteiger partial charge in [-0.2, -0.15) is 0 Å². The van der Waals surface area contributed by atoms with Gasteiger partial charge < -0.3 is 4.74 Å². The van der Waals surface area contributed by atoms with E-state index in [0.29, 0.717) is 11.3 Å². The molecule has 1 aromatic rings. The maximum absolute atomic E-state index is 10.9. The predicted molar refractivity (Wildman–Crippen MR) is 47.5 cm³/mol. The molecule has 63 valence electrons. The first kappa shape index (κ1) is 8.78. The van der Waals surface area contributed by atoms with E-state index in [2.05, 4.69) is 6.92 Å². The average Bonchev–Trinajstić information content (AvgIpc) is 2.04. The van der Waals surface area contributed by atoms with E-state index in [9.17, 15) is 4.79 Å².